The summed E-state index contributed by atoms with van der Waals surface area (Å²) in [6.45, 7) is 4.44. The number of allylic oxidation sites excluding steroid dienone is 1. The number of fused-ring (bicyclic) bond motifs is 1. The molecule has 0 spiro atoms. The Morgan fingerprint density at radius 2 is 2.30 bits per heavy atom. The summed E-state index contributed by atoms with van der Waals surface area (Å²) >= 11 is 0. The number of carbonyl (C=O) groups is 2. The number of rotatable bonds is 4. The van der Waals surface area contributed by atoms with Crippen LogP contribution in [0.4, 0.5) is 4.79 Å². The summed E-state index contributed by atoms with van der Waals surface area (Å²) in [6, 6.07) is 0.0286. The van der Waals surface area contributed by atoms with Crippen LogP contribution in [0.15, 0.2) is 36.2 Å². The minimum absolute atomic E-state index is 0.0286. The fraction of sp³-hybridized carbons (Fsp3) is 0.579. The van der Waals surface area contributed by atoms with Gasteiger partial charge in [0.05, 0.1) is 25.3 Å². The van der Waals surface area contributed by atoms with Gasteiger partial charge in [-0.2, -0.15) is 0 Å². The van der Waals surface area contributed by atoms with E-state index in [2.05, 4.69) is 28.5 Å². The first-order valence-electron chi connectivity index (χ1n) is 9.51. The van der Waals surface area contributed by atoms with Gasteiger partial charge in [-0.25, -0.2) is 9.48 Å². The molecule has 0 radical (unpaired) electrons. The molecule has 0 bridgehead atoms. The predicted octanol–water partition coefficient (Wildman–Crippen LogP) is 1.22. The highest BCUT2D eigenvalue weighted by atomic mass is 16.6. The molecule has 0 aromatic carbocycles. The number of cyclic esters (lactones) is 1. The van der Waals surface area contributed by atoms with Gasteiger partial charge in [-0.15, -0.1) is 5.10 Å². The number of likely N-dealkylation sites (tertiary alicyclic amines) is 1. The van der Waals surface area contributed by atoms with Crippen molar-refractivity contribution in [1.29, 1.82) is 0 Å². The molecule has 8 nitrogen and oxygen atoms in total. The summed E-state index contributed by atoms with van der Waals surface area (Å²) in [5, 5.41) is 7.71. The second-order valence-corrected chi connectivity index (χ2v) is 8.06. The molecule has 3 unspecified atom stereocenters. The third-order valence-electron chi connectivity index (χ3n) is 6.41. The van der Waals surface area contributed by atoms with Crippen LogP contribution in [0.2, 0.25) is 0 Å². The molecule has 4 atom stereocenters. The maximum atomic E-state index is 12.3. The summed E-state index contributed by atoms with van der Waals surface area (Å²) in [7, 11) is 0. The highest BCUT2D eigenvalue weighted by Crippen LogP contribution is 2.63. The molecule has 5 rings (SSSR count). The zero-order chi connectivity index (χ0) is 18.6. The van der Waals surface area contributed by atoms with E-state index >= 15 is 0 Å². The minimum atomic E-state index is -0.266. The van der Waals surface area contributed by atoms with E-state index in [9.17, 15) is 9.59 Å². The molecular weight excluding hydrogens is 346 g/mol. The van der Waals surface area contributed by atoms with Gasteiger partial charge in [0.2, 0.25) is 5.91 Å². The highest BCUT2D eigenvalue weighted by molar-refractivity contribution is 5.74. The lowest BCUT2D eigenvalue weighted by atomic mass is 9.88. The van der Waals surface area contributed by atoms with Crippen molar-refractivity contribution < 1.29 is 14.3 Å². The molecule has 2 amide bonds. The van der Waals surface area contributed by atoms with Crippen LogP contribution in [-0.4, -0.2) is 68.6 Å². The van der Waals surface area contributed by atoms with Gasteiger partial charge >= 0.3 is 6.09 Å². The first-order chi connectivity index (χ1) is 13.0. The number of amides is 2. The van der Waals surface area contributed by atoms with E-state index in [1.54, 1.807) is 28.9 Å². The molecule has 8 heteroatoms. The van der Waals surface area contributed by atoms with Crippen LogP contribution in [0.5, 0.6) is 0 Å². The van der Waals surface area contributed by atoms with E-state index in [0.717, 1.165) is 19.5 Å². The van der Waals surface area contributed by atoms with Gasteiger partial charge in [0.25, 0.3) is 0 Å². The van der Waals surface area contributed by atoms with Crippen molar-refractivity contribution in [2.75, 3.05) is 19.6 Å². The molecule has 27 heavy (non-hydrogen) atoms. The van der Waals surface area contributed by atoms with Crippen LogP contribution in [0.1, 0.15) is 19.8 Å². The molecule has 3 heterocycles. The van der Waals surface area contributed by atoms with Crippen molar-refractivity contribution in [2.45, 2.75) is 38.5 Å². The quantitative estimate of drug-likeness (QED) is 0.797. The van der Waals surface area contributed by atoms with Crippen LogP contribution < -0.4 is 0 Å². The molecule has 2 aliphatic carbocycles. The van der Waals surface area contributed by atoms with E-state index in [4.69, 9.17) is 4.74 Å². The van der Waals surface area contributed by atoms with E-state index in [1.165, 1.54) is 12.0 Å². The fourth-order valence-electron chi connectivity index (χ4n) is 4.83. The van der Waals surface area contributed by atoms with Crippen molar-refractivity contribution in [3.63, 3.8) is 0 Å². The average Bonchev–Trinajstić information content (AvgIpc) is 3.07. The standard InChI is InChI=1S/C19H23N5O3/c1-13(25)22-9-15-8-19(15,12-22)14-2-4-16(5-3-14)24-11-17(27-18(24)26)10-23-7-6-20-21-23/h2-4,6-7,15-17H,5,8-12H2,1H3/t15?,16?,17-,19?/m0/s1. The summed E-state index contributed by atoms with van der Waals surface area (Å²) in [4.78, 5) is 27.7. The number of nitrogens with zero attached hydrogens (tertiary/aromatic N) is 5. The Morgan fingerprint density at radius 1 is 1.41 bits per heavy atom. The molecule has 4 aliphatic rings. The third kappa shape index (κ3) is 2.74. The molecule has 1 saturated carbocycles. The molecule has 1 aromatic heterocycles. The monoisotopic (exact) mass is 369 g/mol. The maximum Gasteiger partial charge on any atom is 0.410 e. The lowest BCUT2D eigenvalue weighted by molar-refractivity contribution is -0.128. The summed E-state index contributed by atoms with van der Waals surface area (Å²) in [5.74, 6) is 0.760. The van der Waals surface area contributed by atoms with E-state index in [1.807, 2.05) is 4.90 Å². The summed E-state index contributed by atoms with van der Waals surface area (Å²) in [5.41, 5.74) is 1.49. The van der Waals surface area contributed by atoms with Crippen LogP contribution in [-0.2, 0) is 16.1 Å². The fourth-order valence-corrected chi connectivity index (χ4v) is 4.83. The molecule has 3 fully saturated rings. The second kappa shape index (κ2) is 5.94. The SMILES string of the molecule is CC(=O)N1CC2CC2(C2=CCC(N3C[C@H](Cn4ccnn4)OC3=O)C=C2)C1. The first-order valence-corrected chi connectivity index (χ1v) is 9.51. The number of piperidine rings is 1. The topological polar surface area (TPSA) is 80.6 Å². The smallest absolute Gasteiger partial charge is 0.410 e. The Kier molecular flexibility index (Phi) is 3.63. The van der Waals surface area contributed by atoms with Crippen LogP contribution in [0.3, 0.4) is 0 Å². The molecule has 2 saturated heterocycles. The summed E-state index contributed by atoms with van der Waals surface area (Å²) in [6.07, 6.45) is 11.4. The minimum Gasteiger partial charge on any atom is -0.442 e. The normalized spacial score (nSPS) is 34.5. The van der Waals surface area contributed by atoms with Gasteiger partial charge in [0.15, 0.2) is 0 Å². The van der Waals surface area contributed by atoms with Gasteiger partial charge in [-0.1, -0.05) is 23.4 Å². The number of hydrogen-bond donors (Lipinski definition) is 0. The van der Waals surface area contributed by atoms with Gasteiger partial charge in [0, 0.05) is 31.6 Å². The van der Waals surface area contributed by atoms with Gasteiger partial charge in [-0.05, 0) is 24.3 Å². The lowest BCUT2D eigenvalue weighted by Crippen LogP contribution is -2.36. The number of hydrogen-bond acceptors (Lipinski definition) is 5. The zero-order valence-electron chi connectivity index (χ0n) is 15.3. The predicted molar refractivity (Wildman–Crippen MR) is 95.4 cm³/mol. The van der Waals surface area contributed by atoms with Crippen LogP contribution in [0.25, 0.3) is 0 Å². The average molecular weight is 369 g/mol. The van der Waals surface area contributed by atoms with Crippen molar-refractivity contribution in [1.82, 2.24) is 24.8 Å². The van der Waals surface area contributed by atoms with Gasteiger partial charge in [-0.3, -0.25) is 9.69 Å². The Labute approximate surface area is 157 Å². The molecular formula is C19H23N5O3. The third-order valence-corrected chi connectivity index (χ3v) is 6.41. The van der Waals surface area contributed by atoms with Gasteiger partial charge < -0.3 is 9.64 Å². The van der Waals surface area contributed by atoms with Gasteiger partial charge in [0.1, 0.15) is 6.10 Å². The lowest BCUT2D eigenvalue weighted by Gasteiger charge is -2.27. The molecule has 1 aromatic rings. The van der Waals surface area contributed by atoms with Crippen molar-refractivity contribution in [3.05, 3.63) is 36.2 Å². The Morgan fingerprint density at radius 3 is 2.96 bits per heavy atom. The van der Waals surface area contributed by atoms with E-state index in [0.29, 0.717) is 19.0 Å². The number of aromatic nitrogens is 3. The highest BCUT2D eigenvalue weighted by Gasteiger charge is 2.61. The van der Waals surface area contributed by atoms with Crippen molar-refractivity contribution in [2.24, 2.45) is 11.3 Å². The Bertz CT molecular complexity index is 832. The molecule has 142 valence electrons. The van der Waals surface area contributed by atoms with E-state index in [-0.39, 0.29) is 29.6 Å². The zero-order valence-corrected chi connectivity index (χ0v) is 15.3. The first kappa shape index (κ1) is 16.5. The second-order valence-electron chi connectivity index (χ2n) is 8.06. The van der Waals surface area contributed by atoms with E-state index < -0.39 is 0 Å². The largest absolute Gasteiger partial charge is 0.442 e. The van der Waals surface area contributed by atoms with Crippen LogP contribution in [0, 0.1) is 11.3 Å². The van der Waals surface area contributed by atoms with Crippen molar-refractivity contribution in [3.8, 4) is 0 Å². The Balaban J connectivity index is 1.22. The molecule has 2 aliphatic heterocycles. The number of ether oxygens (including phenoxy) is 1. The van der Waals surface area contributed by atoms with Crippen LogP contribution >= 0.6 is 0 Å². The number of carbonyl (C=O) groups excluding carboxylic acids is 2. The maximum absolute atomic E-state index is 12.3. The Hall–Kier alpha value is -2.64. The molecule has 0 N–H and O–H groups in total. The summed E-state index contributed by atoms with van der Waals surface area (Å²) < 4.78 is 7.18. The van der Waals surface area contributed by atoms with Crippen molar-refractivity contribution >= 4 is 12.0 Å².